The predicted molar refractivity (Wildman–Crippen MR) is 96.3 cm³/mol. The van der Waals surface area contributed by atoms with E-state index in [4.69, 9.17) is 19.3 Å². The lowest BCUT2D eigenvalue weighted by atomic mass is 9.91. The first-order chi connectivity index (χ1) is 12.5. The third kappa shape index (κ3) is 11.1. The molecular formula is C19H34O7. The van der Waals surface area contributed by atoms with Gasteiger partial charge in [-0.2, -0.15) is 0 Å². The van der Waals surface area contributed by atoms with Gasteiger partial charge in [-0.25, -0.2) is 0 Å². The first-order valence-electron chi connectivity index (χ1n) is 9.57. The van der Waals surface area contributed by atoms with Crippen molar-refractivity contribution >= 4 is 17.9 Å². The van der Waals surface area contributed by atoms with Crippen molar-refractivity contribution in [2.75, 3.05) is 26.4 Å². The monoisotopic (exact) mass is 374 g/mol. The van der Waals surface area contributed by atoms with Gasteiger partial charge in [0.2, 0.25) is 0 Å². The molecule has 0 spiro atoms. The molecule has 0 aromatic carbocycles. The summed E-state index contributed by atoms with van der Waals surface area (Å²) in [5.41, 5.74) is 0. The van der Waals surface area contributed by atoms with Gasteiger partial charge in [-0.15, -0.1) is 0 Å². The third-order valence-electron chi connectivity index (χ3n) is 3.96. The smallest absolute Gasteiger partial charge is 0.310 e. The molecular weight excluding hydrogens is 340 g/mol. The molecule has 0 aliphatic carbocycles. The Morgan fingerprint density at radius 2 is 1.35 bits per heavy atom. The summed E-state index contributed by atoms with van der Waals surface area (Å²) in [6.45, 7) is 6.29. The lowest BCUT2D eigenvalue weighted by Gasteiger charge is -2.21. The fraction of sp³-hybridized carbons (Fsp3) is 0.842. The van der Waals surface area contributed by atoms with E-state index in [9.17, 15) is 14.4 Å². The average Bonchev–Trinajstić information content (AvgIpc) is 2.63. The van der Waals surface area contributed by atoms with Crippen molar-refractivity contribution in [2.45, 2.75) is 65.7 Å². The highest BCUT2D eigenvalue weighted by molar-refractivity contribution is 5.85. The Bertz CT molecular complexity index is 409. The SMILES string of the molecule is CCCCOC(=O)C(C)C(CC(=O)OCCCCO)C(=O)OCCCC. The van der Waals surface area contributed by atoms with Crippen molar-refractivity contribution in [3.8, 4) is 0 Å². The van der Waals surface area contributed by atoms with Crippen LogP contribution in [0, 0.1) is 11.8 Å². The van der Waals surface area contributed by atoms with Crippen LogP contribution in [0.25, 0.3) is 0 Å². The quantitative estimate of drug-likeness (QED) is 0.267. The van der Waals surface area contributed by atoms with Gasteiger partial charge in [0.05, 0.1) is 38.1 Å². The minimum absolute atomic E-state index is 0.0323. The Morgan fingerprint density at radius 3 is 1.88 bits per heavy atom. The van der Waals surface area contributed by atoms with E-state index in [0.717, 1.165) is 25.7 Å². The molecule has 0 aliphatic rings. The van der Waals surface area contributed by atoms with Crippen LogP contribution in [-0.2, 0) is 28.6 Å². The zero-order valence-electron chi connectivity index (χ0n) is 16.3. The first-order valence-corrected chi connectivity index (χ1v) is 9.57. The predicted octanol–water partition coefficient (Wildman–Crippen LogP) is 2.63. The minimum Gasteiger partial charge on any atom is -0.466 e. The van der Waals surface area contributed by atoms with Crippen molar-refractivity contribution in [3.05, 3.63) is 0 Å². The number of carbonyl (C=O) groups excluding carboxylic acids is 3. The molecule has 2 atom stereocenters. The van der Waals surface area contributed by atoms with E-state index in [0.29, 0.717) is 19.4 Å². The zero-order valence-corrected chi connectivity index (χ0v) is 16.3. The number of esters is 3. The number of aliphatic hydroxyl groups is 1. The van der Waals surface area contributed by atoms with Gasteiger partial charge in [0.1, 0.15) is 0 Å². The summed E-state index contributed by atoms with van der Waals surface area (Å²) < 4.78 is 15.4. The van der Waals surface area contributed by atoms with Crippen molar-refractivity contribution < 1.29 is 33.7 Å². The summed E-state index contributed by atoms with van der Waals surface area (Å²) in [7, 11) is 0. The molecule has 7 nitrogen and oxygen atoms in total. The van der Waals surface area contributed by atoms with E-state index in [1.54, 1.807) is 6.92 Å². The number of carbonyl (C=O) groups is 3. The van der Waals surface area contributed by atoms with Gasteiger partial charge in [0, 0.05) is 6.61 Å². The van der Waals surface area contributed by atoms with E-state index in [2.05, 4.69) is 0 Å². The van der Waals surface area contributed by atoms with Crippen LogP contribution in [-0.4, -0.2) is 49.4 Å². The van der Waals surface area contributed by atoms with E-state index < -0.39 is 29.7 Å². The van der Waals surface area contributed by atoms with Crippen molar-refractivity contribution in [3.63, 3.8) is 0 Å². The summed E-state index contributed by atoms with van der Waals surface area (Å²) >= 11 is 0. The maximum absolute atomic E-state index is 12.3. The molecule has 7 heteroatoms. The molecule has 1 N–H and O–H groups in total. The van der Waals surface area contributed by atoms with Crippen LogP contribution < -0.4 is 0 Å². The summed E-state index contributed by atoms with van der Waals surface area (Å²) in [6.07, 6.45) is 4.09. The Balaban J connectivity index is 4.73. The minimum atomic E-state index is -0.925. The first kappa shape index (κ1) is 24.4. The van der Waals surface area contributed by atoms with E-state index in [1.807, 2.05) is 13.8 Å². The van der Waals surface area contributed by atoms with Gasteiger partial charge in [-0.05, 0) is 25.7 Å². The van der Waals surface area contributed by atoms with Gasteiger partial charge in [0.15, 0.2) is 0 Å². The average molecular weight is 374 g/mol. The molecule has 0 fully saturated rings. The van der Waals surface area contributed by atoms with Crippen LogP contribution in [0.4, 0.5) is 0 Å². The lowest BCUT2D eigenvalue weighted by molar-refractivity contribution is -0.164. The second-order valence-electron chi connectivity index (χ2n) is 6.29. The molecule has 0 heterocycles. The number of aliphatic hydroxyl groups excluding tert-OH is 1. The molecule has 0 rings (SSSR count). The number of rotatable bonds is 15. The topological polar surface area (TPSA) is 99.1 Å². The second-order valence-corrected chi connectivity index (χ2v) is 6.29. The molecule has 0 aromatic heterocycles. The van der Waals surface area contributed by atoms with Crippen LogP contribution in [0.1, 0.15) is 65.7 Å². The molecule has 0 amide bonds. The van der Waals surface area contributed by atoms with Gasteiger partial charge in [-0.1, -0.05) is 33.6 Å². The fourth-order valence-corrected chi connectivity index (χ4v) is 2.14. The molecule has 0 aliphatic heterocycles. The maximum Gasteiger partial charge on any atom is 0.310 e. The largest absolute Gasteiger partial charge is 0.466 e. The fourth-order valence-electron chi connectivity index (χ4n) is 2.14. The van der Waals surface area contributed by atoms with Gasteiger partial charge >= 0.3 is 17.9 Å². The highest BCUT2D eigenvalue weighted by Crippen LogP contribution is 2.21. The highest BCUT2D eigenvalue weighted by Gasteiger charge is 2.35. The summed E-state index contributed by atoms with van der Waals surface area (Å²) in [6, 6.07) is 0. The molecule has 2 unspecified atom stereocenters. The Hall–Kier alpha value is -1.63. The van der Waals surface area contributed by atoms with E-state index in [1.165, 1.54) is 0 Å². The standard InChI is InChI=1S/C19H34O7/c1-4-6-11-25-18(22)15(3)16(19(23)26-12-7-5-2)14-17(21)24-13-9-8-10-20/h15-16,20H,4-14H2,1-3H3. The third-order valence-corrected chi connectivity index (χ3v) is 3.96. The zero-order chi connectivity index (χ0) is 19.8. The maximum atomic E-state index is 12.3. The Kier molecular flexibility index (Phi) is 14.6. The molecule has 0 aromatic rings. The van der Waals surface area contributed by atoms with Crippen LogP contribution in [0.15, 0.2) is 0 Å². The second kappa shape index (κ2) is 15.6. The molecule has 0 radical (unpaired) electrons. The van der Waals surface area contributed by atoms with Crippen LogP contribution in [0.2, 0.25) is 0 Å². The normalized spacial score (nSPS) is 12.9. The van der Waals surface area contributed by atoms with Gasteiger partial charge in [-0.3, -0.25) is 14.4 Å². The van der Waals surface area contributed by atoms with Crippen molar-refractivity contribution in [1.82, 2.24) is 0 Å². The van der Waals surface area contributed by atoms with Gasteiger partial charge in [0.25, 0.3) is 0 Å². The van der Waals surface area contributed by atoms with Crippen molar-refractivity contribution in [1.29, 1.82) is 0 Å². The molecule has 152 valence electrons. The molecule has 0 bridgehead atoms. The van der Waals surface area contributed by atoms with Crippen LogP contribution in [0.5, 0.6) is 0 Å². The molecule has 26 heavy (non-hydrogen) atoms. The van der Waals surface area contributed by atoms with Crippen LogP contribution >= 0.6 is 0 Å². The van der Waals surface area contributed by atoms with E-state index in [-0.39, 0.29) is 26.2 Å². The molecule has 0 saturated carbocycles. The Labute approximate surface area is 156 Å². The summed E-state index contributed by atoms with van der Waals surface area (Å²) in [5.74, 6) is -3.36. The number of unbranched alkanes of at least 4 members (excludes halogenated alkanes) is 3. The van der Waals surface area contributed by atoms with Crippen molar-refractivity contribution in [2.24, 2.45) is 11.8 Å². The molecule has 0 saturated heterocycles. The number of ether oxygens (including phenoxy) is 3. The highest BCUT2D eigenvalue weighted by atomic mass is 16.5. The lowest BCUT2D eigenvalue weighted by Crippen LogP contribution is -2.33. The summed E-state index contributed by atoms with van der Waals surface area (Å²) in [5, 5.41) is 8.72. The van der Waals surface area contributed by atoms with E-state index >= 15 is 0 Å². The number of hydrogen-bond donors (Lipinski definition) is 1. The summed E-state index contributed by atoms with van der Waals surface area (Å²) in [4.78, 5) is 36.5. The Morgan fingerprint density at radius 1 is 0.808 bits per heavy atom. The van der Waals surface area contributed by atoms with Gasteiger partial charge < -0.3 is 19.3 Å². The number of hydrogen-bond acceptors (Lipinski definition) is 7. The van der Waals surface area contributed by atoms with Crippen LogP contribution in [0.3, 0.4) is 0 Å².